The van der Waals surface area contributed by atoms with Crippen LogP contribution >= 0.6 is 11.9 Å². The van der Waals surface area contributed by atoms with Crippen LogP contribution in [0.4, 0.5) is 5.82 Å². The number of carbonyl (C=O) groups excluding carboxylic acids is 1. The summed E-state index contributed by atoms with van der Waals surface area (Å²) in [6, 6.07) is 22.5. The van der Waals surface area contributed by atoms with Gasteiger partial charge in [-0.3, -0.25) is 4.79 Å². The molecular formula is C28H32N6O2S. The second-order valence-electron chi connectivity index (χ2n) is 9.07. The second-order valence-corrected chi connectivity index (χ2v) is 10.2. The van der Waals surface area contributed by atoms with Crippen LogP contribution in [0.1, 0.15) is 25.5 Å². The summed E-state index contributed by atoms with van der Waals surface area (Å²) in [6.45, 7) is 5.11. The largest absolute Gasteiger partial charge is 0.372 e. The van der Waals surface area contributed by atoms with Gasteiger partial charge in [-0.2, -0.15) is 0 Å². The highest BCUT2D eigenvalue weighted by Crippen LogP contribution is 2.29. The van der Waals surface area contributed by atoms with Crippen molar-refractivity contribution in [2.24, 2.45) is 0 Å². The van der Waals surface area contributed by atoms with Crippen molar-refractivity contribution in [3.63, 3.8) is 0 Å². The molecule has 5 rings (SSSR count). The fourth-order valence-corrected chi connectivity index (χ4v) is 5.31. The van der Waals surface area contributed by atoms with Crippen LogP contribution in [-0.2, 0) is 16.1 Å². The predicted molar refractivity (Wildman–Crippen MR) is 148 cm³/mol. The monoisotopic (exact) mass is 516 g/mol. The zero-order chi connectivity index (χ0) is 25.5. The molecule has 2 aromatic heterocycles. The number of aromatic nitrogens is 3. The number of hydrogen-bond acceptors (Lipinski definition) is 7. The van der Waals surface area contributed by atoms with Crippen LogP contribution in [0.25, 0.3) is 22.4 Å². The maximum atomic E-state index is 11.2. The number of carbonyl (C=O) groups is 1. The number of amides is 1. The molecule has 0 aliphatic carbocycles. The normalized spacial score (nSPS) is 14.6. The molecule has 0 bridgehead atoms. The fourth-order valence-electron chi connectivity index (χ4n) is 4.34. The zero-order valence-electron chi connectivity index (χ0n) is 20.9. The molecule has 1 aliphatic heterocycles. The van der Waals surface area contributed by atoms with E-state index in [4.69, 9.17) is 14.7 Å². The third kappa shape index (κ3) is 6.88. The highest BCUT2D eigenvalue weighted by Gasteiger charge is 2.21. The molecule has 2 aromatic carbocycles. The van der Waals surface area contributed by atoms with E-state index in [1.807, 2.05) is 48.3 Å². The smallest absolute Gasteiger partial charge is 0.216 e. The Balaban J connectivity index is 1.23. The van der Waals surface area contributed by atoms with E-state index in [-0.39, 0.29) is 12.0 Å². The average Bonchev–Trinajstić information content (AvgIpc) is 3.35. The van der Waals surface area contributed by atoms with E-state index in [0.717, 1.165) is 54.0 Å². The molecule has 0 saturated carbocycles. The number of aromatic amines is 1. The topological polar surface area (TPSA) is 95.2 Å². The maximum absolute atomic E-state index is 11.2. The van der Waals surface area contributed by atoms with Crippen LogP contribution in [-0.4, -0.2) is 57.4 Å². The molecule has 9 heteroatoms. The number of nitrogens with zero attached hydrogens (tertiary/aromatic N) is 3. The van der Waals surface area contributed by atoms with Gasteiger partial charge in [0.05, 0.1) is 18.1 Å². The molecule has 1 saturated heterocycles. The molecule has 1 amide bonds. The summed E-state index contributed by atoms with van der Waals surface area (Å²) in [5, 5.41) is 7.09. The Labute approximate surface area is 221 Å². The van der Waals surface area contributed by atoms with Gasteiger partial charge in [-0.25, -0.2) is 14.3 Å². The van der Waals surface area contributed by atoms with E-state index >= 15 is 0 Å². The minimum atomic E-state index is -0.0508. The minimum absolute atomic E-state index is 0.0508. The number of H-pyrrole nitrogens is 1. The molecule has 0 unspecified atom stereocenters. The quantitative estimate of drug-likeness (QED) is 0.205. The maximum Gasteiger partial charge on any atom is 0.216 e. The molecule has 0 radical (unpaired) electrons. The van der Waals surface area contributed by atoms with Crippen molar-refractivity contribution >= 4 is 34.7 Å². The Hall–Kier alpha value is -3.40. The Kier molecular flexibility index (Phi) is 8.35. The highest BCUT2D eigenvalue weighted by atomic mass is 32.2. The van der Waals surface area contributed by atoms with Gasteiger partial charge >= 0.3 is 0 Å². The standard InChI is InChI=1S/C28H32N6O2S/c1-20(35)29-14-15-30-27-25-18-22(31-28(25)33-26(32-27)21-8-4-2-5-9-21)19-36-23-12-16-34(17-13-23)37-24-10-6-3-7-11-24/h2-11,18,23H,12-17,19H2,1H3,(H,29,35)(H2,30,31,32,33). The van der Waals surface area contributed by atoms with Gasteiger partial charge in [0.25, 0.3) is 0 Å². The summed E-state index contributed by atoms with van der Waals surface area (Å²) in [4.78, 5) is 25.5. The van der Waals surface area contributed by atoms with Crippen LogP contribution in [0.5, 0.6) is 0 Å². The van der Waals surface area contributed by atoms with Crippen LogP contribution in [0, 0.1) is 0 Å². The van der Waals surface area contributed by atoms with Gasteiger partial charge in [0.2, 0.25) is 5.91 Å². The summed E-state index contributed by atoms with van der Waals surface area (Å²) in [7, 11) is 0. The first kappa shape index (κ1) is 25.3. The number of rotatable bonds is 10. The zero-order valence-corrected chi connectivity index (χ0v) is 21.8. The first-order chi connectivity index (χ1) is 18.1. The number of anilines is 1. The lowest BCUT2D eigenvalue weighted by Crippen LogP contribution is -2.32. The molecule has 3 heterocycles. The van der Waals surface area contributed by atoms with E-state index in [9.17, 15) is 4.79 Å². The van der Waals surface area contributed by atoms with Crippen LogP contribution in [0.15, 0.2) is 71.6 Å². The molecule has 0 spiro atoms. The van der Waals surface area contributed by atoms with Gasteiger partial charge in [0, 0.05) is 49.3 Å². The third-order valence-corrected chi connectivity index (χ3v) is 7.33. The summed E-state index contributed by atoms with van der Waals surface area (Å²) in [5.74, 6) is 1.33. The average molecular weight is 517 g/mol. The van der Waals surface area contributed by atoms with Crippen molar-refractivity contribution in [2.75, 3.05) is 31.5 Å². The lowest BCUT2D eigenvalue weighted by Gasteiger charge is -2.30. The summed E-state index contributed by atoms with van der Waals surface area (Å²) in [5.41, 5.74) is 2.69. The van der Waals surface area contributed by atoms with E-state index in [2.05, 4.69) is 50.3 Å². The van der Waals surface area contributed by atoms with Crippen molar-refractivity contribution in [3.8, 4) is 11.4 Å². The summed E-state index contributed by atoms with van der Waals surface area (Å²) in [6.07, 6.45) is 2.25. The van der Waals surface area contributed by atoms with Gasteiger partial charge in [0.1, 0.15) is 11.5 Å². The van der Waals surface area contributed by atoms with Crippen molar-refractivity contribution in [1.82, 2.24) is 24.6 Å². The Morgan fingerprint density at radius 1 is 1.05 bits per heavy atom. The Morgan fingerprint density at radius 2 is 1.78 bits per heavy atom. The predicted octanol–water partition coefficient (Wildman–Crippen LogP) is 4.86. The number of piperidine rings is 1. The number of nitrogens with one attached hydrogen (secondary N) is 3. The Bertz CT molecular complexity index is 1310. The lowest BCUT2D eigenvalue weighted by molar-refractivity contribution is -0.118. The molecule has 37 heavy (non-hydrogen) atoms. The van der Waals surface area contributed by atoms with Gasteiger partial charge < -0.3 is 20.4 Å². The third-order valence-electron chi connectivity index (χ3n) is 6.22. The lowest BCUT2D eigenvalue weighted by atomic mass is 10.1. The van der Waals surface area contributed by atoms with Crippen molar-refractivity contribution in [1.29, 1.82) is 0 Å². The summed E-state index contributed by atoms with van der Waals surface area (Å²) >= 11 is 1.82. The first-order valence-electron chi connectivity index (χ1n) is 12.7. The van der Waals surface area contributed by atoms with Crippen molar-refractivity contribution < 1.29 is 9.53 Å². The minimum Gasteiger partial charge on any atom is -0.372 e. The van der Waals surface area contributed by atoms with Gasteiger partial charge in [-0.05, 0) is 43.0 Å². The van der Waals surface area contributed by atoms with Crippen LogP contribution in [0.2, 0.25) is 0 Å². The summed E-state index contributed by atoms with van der Waals surface area (Å²) < 4.78 is 8.71. The number of benzene rings is 2. The fraction of sp³-hybridized carbons (Fsp3) is 0.321. The van der Waals surface area contributed by atoms with Crippen molar-refractivity contribution in [2.45, 2.75) is 37.4 Å². The van der Waals surface area contributed by atoms with Crippen LogP contribution < -0.4 is 10.6 Å². The van der Waals surface area contributed by atoms with E-state index in [1.54, 1.807) is 0 Å². The SMILES string of the molecule is CC(=O)NCCNc1nc(-c2ccccc2)nc2[nH]c(COC3CCN(Sc4ccccc4)CC3)cc12. The molecule has 192 valence electrons. The van der Waals surface area contributed by atoms with Gasteiger partial charge in [-0.15, -0.1) is 0 Å². The van der Waals surface area contributed by atoms with E-state index in [1.165, 1.54) is 11.8 Å². The highest BCUT2D eigenvalue weighted by molar-refractivity contribution is 7.97. The number of ether oxygens (including phenoxy) is 1. The molecule has 8 nitrogen and oxygen atoms in total. The molecule has 1 fully saturated rings. The number of fused-ring (bicyclic) bond motifs is 1. The number of hydrogen-bond donors (Lipinski definition) is 3. The van der Waals surface area contributed by atoms with Gasteiger partial charge in [0.15, 0.2) is 5.82 Å². The molecular weight excluding hydrogens is 484 g/mol. The van der Waals surface area contributed by atoms with Crippen LogP contribution in [0.3, 0.4) is 0 Å². The van der Waals surface area contributed by atoms with Crippen molar-refractivity contribution in [3.05, 3.63) is 72.4 Å². The van der Waals surface area contributed by atoms with E-state index in [0.29, 0.717) is 25.5 Å². The Morgan fingerprint density at radius 3 is 2.51 bits per heavy atom. The molecule has 0 atom stereocenters. The first-order valence-corrected chi connectivity index (χ1v) is 13.4. The van der Waals surface area contributed by atoms with Gasteiger partial charge in [-0.1, -0.05) is 48.5 Å². The molecule has 1 aliphatic rings. The molecule has 3 N–H and O–H groups in total. The molecule has 4 aromatic rings. The second kappa shape index (κ2) is 12.2. The van der Waals surface area contributed by atoms with E-state index < -0.39 is 0 Å².